The van der Waals surface area contributed by atoms with Crippen molar-refractivity contribution in [3.63, 3.8) is 0 Å². The number of nitrogens with one attached hydrogen (secondary N) is 1. The van der Waals surface area contributed by atoms with Crippen LogP contribution in [0.25, 0.3) is 0 Å². The van der Waals surface area contributed by atoms with Gasteiger partial charge in [0.25, 0.3) is 0 Å². The number of amides is 1. The van der Waals surface area contributed by atoms with Crippen molar-refractivity contribution in [1.82, 2.24) is 5.32 Å². The molecule has 0 spiro atoms. The molecular formula is C57H107NO10. The standard InChI is InChI=1S/C57H107NO10/c1-3-5-7-9-11-13-15-17-19-21-23-25-27-28-30-32-34-36-38-40-42-44-49(60)52(62)48(47-67-57-55(65)54(64)53(63)51(46-59)68-57)58-56(66)50(61)45-43-41-39-37-35-33-31-29-26-24-22-20-18-16-14-12-10-8-6-4-2/h26,28-30,36,38,48-55,57,59-65H,3-25,27,31-35,37,39-47H2,1-2H3,(H,58,66)/b29-26-,30-28+,38-36+. The third-order valence-electron chi connectivity index (χ3n) is 13.6. The van der Waals surface area contributed by atoms with E-state index in [1.165, 1.54) is 148 Å². The fraction of sp³-hybridized carbons (Fsp3) is 0.877. The van der Waals surface area contributed by atoms with Crippen molar-refractivity contribution >= 4 is 5.91 Å². The minimum Gasteiger partial charge on any atom is -0.394 e. The monoisotopic (exact) mass is 966 g/mol. The van der Waals surface area contributed by atoms with Crippen LogP contribution in [-0.2, 0) is 14.3 Å². The Hall–Kier alpha value is -1.67. The van der Waals surface area contributed by atoms with E-state index in [0.717, 1.165) is 57.8 Å². The summed E-state index contributed by atoms with van der Waals surface area (Å²) in [6.07, 6.45) is 44.8. The third-order valence-corrected chi connectivity index (χ3v) is 13.6. The van der Waals surface area contributed by atoms with Crippen molar-refractivity contribution in [2.24, 2.45) is 0 Å². The molecule has 0 radical (unpaired) electrons. The molecular weight excluding hydrogens is 859 g/mol. The molecule has 1 amide bonds. The summed E-state index contributed by atoms with van der Waals surface area (Å²) in [6.45, 7) is 3.45. The van der Waals surface area contributed by atoms with Gasteiger partial charge in [0.05, 0.1) is 25.4 Å². The minimum atomic E-state index is -1.67. The van der Waals surface area contributed by atoms with E-state index in [0.29, 0.717) is 19.3 Å². The van der Waals surface area contributed by atoms with Crippen molar-refractivity contribution in [2.45, 2.75) is 306 Å². The van der Waals surface area contributed by atoms with Gasteiger partial charge in [-0.15, -0.1) is 0 Å². The summed E-state index contributed by atoms with van der Waals surface area (Å²) in [5.74, 6) is -0.714. The lowest BCUT2D eigenvalue weighted by Gasteiger charge is -2.40. The number of carbonyl (C=O) groups excluding carboxylic acids is 1. The SMILES string of the molecule is CCCCCCCCCCCC/C=C\CCCCCCCCC(O)C(=O)NC(COC1OC(CO)C(O)C(O)C1O)C(O)C(O)CCC/C=C/CC/C=C/CCCCCCCCCCCCCC. The van der Waals surface area contributed by atoms with Gasteiger partial charge in [0.15, 0.2) is 6.29 Å². The molecule has 0 aromatic carbocycles. The number of ether oxygens (including phenoxy) is 2. The van der Waals surface area contributed by atoms with E-state index in [-0.39, 0.29) is 12.8 Å². The molecule has 0 aromatic heterocycles. The van der Waals surface area contributed by atoms with Gasteiger partial charge in [-0.3, -0.25) is 4.79 Å². The number of carbonyl (C=O) groups is 1. The fourth-order valence-corrected chi connectivity index (χ4v) is 8.98. The number of aliphatic hydroxyl groups is 7. The summed E-state index contributed by atoms with van der Waals surface area (Å²) in [5, 5.41) is 76.0. The largest absolute Gasteiger partial charge is 0.394 e. The van der Waals surface area contributed by atoms with Crippen LogP contribution in [0.4, 0.5) is 0 Å². The van der Waals surface area contributed by atoms with Crippen LogP contribution in [0, 0.1) is 0 Å². The molecule has 0 aliphatic carbocycles. The smallest absolute Gasteiger partial charge is 0.249 e. The molecule has 1 fully saturated rings. The van der Waals surface area contributed by atoms with Gasteiger partial charge in [-0.25, -0.2) is 0 Å². The molecule has 1 aliphatic heterocycles. The molecule has 0 aromatic rings. The van der Waals surface area contributed by atoms with E-state index >= 15 is 0 Å². The number of rotatable bonds is 48. The highest BCUT2D eigenvalue weighted by atomic mass is 16.7. The second-order valence-corrected chi connectivity index (χ2v) is 20.0. The van der Waals surface area contributed by atoms with Crippen molar-refractivity contribution in [1.29, 1.82) is 0 Å². The summed E-state index contributed by atoms with van der Waals surface area (Å²) in [6, 6.07) is -1.19. The highest BCUT2D eigenvalue weighted by Gasteiger charge is 2.44. The second-order valence-electron chi connectivity index (χ2n) is 20.0. The van der Waals surface area contributed by atoms with Crippen molar-refractivity contribution < 1.29 is 50.0 Å². The van der Waals surface area contributed by atoms with Crippen LogP contribution in [0.15, 0.2) is 36.5 Å². The van der Waals surface area contributed by atoms with Gasteiger partial charge in [-0.05, 0) is 77.0 Å². The van der Waals surface area contributed by atoms with E-state index < -0.39 is 74.2 Å². The van der Waals surface area contributed by atoms with E-state index in [9.17, 15) is 40.5 Å². The number of unbranched alkanes of at least 4 members (excludes halogenated alkanes) is 30. The molecule has 400 valence electrons. The average molecular weight is 966 g/mol. The second kappa shape index (κ2) is 46.4. The van der Waals surface area contributed by atoms with Gasteiger partial charge in [0, 0.05) is 0 Å². The van der Waals surface area contributed by atoms with Gasteiger partial charge < -0.3 is 50.5 Å². The Morgan fingerprint density at radius 1 is 0.500 bits per heavy atom. The zero-order chi connectivity index (χ0) is 49.7. The summed E-state index contributed by atoms with van der Waals surface area (Å²) in [5.41, 5.74) is 0. The van der Waals surface area contributed by atoms with Crippen LogP contribution in [-0.4, -0.2) is 110 Å². The zero-order valence-electron chi connectivity index (χ0n) is 43.6. The molecule has 1 aliphatic rings. The molecule has 0 saturated carbocycles. The fourth-order valence-electron chi connectivity index (χ4n) is 8.98. The Kier molecular flexibility index (Phi) is 43.9. The summed E-state index contributed by atoms with van der Waals surface area (Å²) < 4.78 is 11.1. The first-order chi connectivity index (χ1) is 33.2. The zero-order valence-corrected chi connectivity index (χ0v) is 43.6. The van der Waals surface area contributed by atoms with Crippen LogP contribution in [0.2, 0.25) is 0 Å². The molecule has 8 N–H and O–H groups in total. The van der Waals surface area contributed by atoms with Crippen LogP contribution < -0.4 is 5.32 Å². The maximum absolute atomic E-state index is 13.2. The van der Waals surface area contributed by atoms with Gasteiger partial charge in [-0.1, -0.05) is 211 Å². The van der Waals surface area contributed by atoms with Gasteiger partial charge in [-0.2, -0.15) is 0 Å². The Balaban J connectivity index is 2.37. The first kappa shape index (κ1) is 64.3. The van der Waals surface area contributed by atoms with Gasteiger partial charge in [0.2, 0.25) is 5.91 Å². The lowest BCUT2D eigenvalue weighted by molar-refractivity contribution is -0.303. The van der Waals surface area contributed by atoms with E-state index in [1.54, 1.807) is 0 Å². The van der Waals surface area contributed by atoms with Crippen LogP contribution in [0.3, 0.4) is 0 Å². The Labute approximate surface area is 416 Å². The molecule has 11 heteroatoms. The quantitative estimate of drug-likeness (QED) is 0.0215. The lowest BCUT2D eigenvalue weighted by atomic mass is 9.98. The minimum absolute atomic E-state index is 0.244. The number of hydrogen-bond donors (Lipinski definition) is 8. The van der Waals surface area contributed by atoms with Crippen molar-refractivity contribution in [3.05, 3.63) is 36.5 Å². The predicted octanol–water partition coefficient (Wildman–Crippen LogP) is 11.5. The van der Waals surface area contributed by atoms with Gasteiger partial charge in [0.1, 0.15) is 36.6 Å². The van der Waals surface area contributed by atoms with E-state index in [1.807, 2.05) is 0 Å². The molecule has 11 nitrogen and oxygen atoms in total. The van der Waals surface area contributed by atoms with Crippen molar-refractivity contribution in [3.8, 4) is 0 Å². The highest BCUT2D eigenvalue weighted by molar-refractivity contribution is 5.80. The molecule has 1 saturated heterocycles. The first-order valence-corrected chi connectivity index (χ1v) is 28.4. The highest BCUT2D eigenvalue weighted by Crippen LogP contribution is 2.23. The number of hydrogen-bond acceptors (Lipinski definition) is 10. The summed E-state index contributed by atoms with van der Waals surface area (Å²) in [4.78, 5) is 13.2. The molecule has 0 bridgehead atoms. The van der Waals surface area contributed by atoms with Crippen LogP contribution in [0.5, 0.6) is 0 Å². The molecule has 68 heavy (non-hydrogen) atoms. The molecule has 1 rings (SSSR count). The van der Waals surface area contributed by atoms with Gasteiger partial charge >= 0.3 is 0 Å². The maximum atomic E-state index is 13.2. The number of allylic oxidation sites excluding steroid dienone is 6. The van der Waals surface area contributed by atoms with Crippen LogP contribution >= 0.6 is 0 Å². The Morgan fingerprint density at radius 3 is 1.31 bits per heavy atom. The van der Waals surface area contributed by atoms with E-state index in [2.05, 4.69) is 55.6 Å². The van der Waals surface area contributed by atoms with Crippen LogP contribution in [0.1, 0.15) is 251 Å². The predicted molar refractivity (Wildman–Crippen MR) is 279 cm³/mol. The summed E-state index contributed by atoms with van der Waals surface area (Å²) >= 11 is 0. The van der Waals surface area contributed by atoms with E-state index in [4.69, 9.17) is 9.47 Å². The Morgan fingerprint density at radius 2 is 0.882 bits per heavy atom. The average Bonchev–Trinajstić information content (AvgIpc) is 3.34. The number of aliphatic hydroxyl groups excluding tert-OH is 7. The molecule has 9 unspecified atom stereocenters. The van der Waals surface area contributed by atoms with Crippen molar-refractivity contribution in [2.75, 3.05) is 13.2 Å². The normalized spacial score (nSPS) is 20.8. The summed E-state index contributed by atoms with van der Waals surface area (Å²) in [7, 11) is 0. The maximum Gasteiger partial charge on any atom is 0.249 e. The Bertz CT molecular complexity index is 1200. The lowest BCUT2D eigenvalue weighted by Crippen LogP contribution is -2.60. The molecule has 1 heterocycles. The molecule has 9 atom stereocenters. The first-order valence-electron chi connectivity index (χ1n) is 28.4. The topological polar surface area (TPSA) is 189 Å². The third kappa shape index (κ3) is 34.6.